The van der Waals surface area contributed by atoms with Crippen molar-refractivity contribution < 1.29 is 9.90 Å². The maximum Gasteiger partial charge on any atom is 0.276 e. The molecule has 2 heterocycles. The van der Waals surface area contributed by atoms with Gasteiger partial charge in [0.1, 0.15) is 5.70 Å². The Bertz CT molecular complexity index is 1080. The number of amides is 1. The van der Waals surface area contributed by atoms with E-state index in [0.717, 1.165) is 48.6 Å². The Labute approximate surface area is 168 Å². The van der Waals surface area contributed by atoms with Crippen LogP contribution in [-0.4, -0.2) is 37.9 Å². The van der Waals surface area contributed by atoms with Crippen LogP contribution >= 0.6 is 0 Å². The normalized spacial score (nSPS) is 36.7. The summed E-state index contributed by atoms with van der Waals surface area (Å²) in [6.45, 7) is 0. The van der Waals surface area contributed by atoms with E-state index < -0.39 is 5.60 Å². The molecule has 7 heteroatoms. The smallest absolute Gasteiger partial charge is 0.276 e. The highest BCUT2D eigenvalue weighted by atomic mass is 16.3. The van der Waals surface area contributed by atoms with Crippen LogP contribution < -0.4 is 10.6 Å². The van der Waals surface area contributed by atoms with Crippen molar-refractivity contribution in [1.29, 1.82) is 0 Å². The van der Waals surface area contributed by atoms with Crippen LogP contribution in [0.1, 0.15) is 44.1 Å². The molecule has 7 nitrogen and oxygen atoms in total. The SMILES string of the molecule is Cn1cc2cc(/C=C3\N=C(NC45CC6CC(CC(O)(C6)C4)C5)NC3=O)ccc2n1. The lowest BCUT2D eigenvalue weighted by atomic mass is 9.51. The first-order chi connectivity index (χ1) is 13.9. The average Bonchev–Trinajstić information content (AvgIpc) is 3.13. The van der Waals surface area contributed by atoms with Crippen LogP contribution in [0.5, 0.6) is 0 Å². The zero-order chi connectivity index (χ0) is 19.8. The van der Waals surface area contributed by atoms with E-state index in [4.69, 9.17) is 0 Å². The first-order valence-corrected chi connectivity index (χ1v) is 10.4. The van der Waals surface area contributed by atoms with Crippen LogP contribution in [0.2, 0.25) is 0 Å². The van der Waals surface area contributed by atoms with Crippen LogP contribution in [0.15, 0.2) is 35.1 Å². The van der Waals surface area contributed by atoms with E-state index >= 15 is 0 Å². The van der Waals surface area contributed by atoms with Gasteiger partial charge in [-0.15, -0.1) is 0 Å². The first-order valence-electron chi connectivity index (χ1n) is 10.4. The molecular weight excluding hydrogens is 366 g/mol. The minimum atomic E-state index is -0.544. The topological polar surface area (TPSA) is 91.5 Å². The molecule has 2 aromatic rings. The number of guanidine groups is 1. The second kappa shape index (κ2) is 5.69. The van der Waals surface area contributed by atoms with Crippen molar-refractivity contribution >= 4 is 28.8 Å². The molecule has 2 atom stereocenters. The lowest BCUT2D eigenvalue weighted by Crippen LogP contribution is -2.66. The number of benzene rings is 1. The zero-order valence-corrected chi connectivity index (χ0v) is 16.5. The molecule has 2 unspecified atom stereocenters. The lowest BCUT2D eigenvalue weighted by molar-refractivity contribution is -0.138. The summed E-state index contributed by atoms with van der Waals surface area (Å²) < 4.78 is 1.78. The predicted molar refractivity (Wildman–Crippen MR) is 110 cm³/mol. The van der Waals surface area contributed by atoms with Crippen LogP contribution in [-0.2, 0) is 11.8 Å². The van der Waals surface area contributed by atoms with Crippen molar-refractivity contribution in [1.82, 2.24) is 20.4 Å². The monoisotopic (exact) mass is 391 g/mol. The van der Waals surface area contributed by atoms with Gasteiger partial charge in [-0.25, -0.2) is 4.99 Å². The Hall–Kier alpha value is -2.67. The molecule has 29 heavy (non-hydrogen) atoms. The quantitative estimate of drug-likeness (QED) is 0.684. The molecule has 1 aromatic heterocycles. The third-order valence-electron chi connectivity index (χ3n) is 7.06. The van der Waals surface area contributed by atoms with Gasteiger partial charge in [0.05, 0.1) is 11.1 Å². The van der Waals surface area contributed by atoms with Crippen molar-refractivity contribution in [2.24, 2.45) is 23.9 Å². The van der Waals surface area contributed by atoms with E-state index in [2.05, 4.69) is 20.7 Å². The van der Waals surface area contributed by atoms with Crippen LogP contribution in [0, 0.1) is 11.8 Å². The Morgan fingerprint density at radius 3 is 2.83 bits per heavy atom. The number of aryl methyl sites for hydroxylation is 1. The molecule has 150 valence electrons. The Kier molecular flexibility index (Phi) is 3.38. The molecule has 0 spiro atoms. The molecule has 0 saturated heterocycles. The third kappa shape index (κ3) is 2.87. The number of fused-ring (bicyclic) bond motifs is 1. The summed E-state index contributed by atoms with van der Waals surface area (Å²) in [5, 5.41) is 22.8. The molecule has 7 rings (SSSR count). The molecule has 4 saturated carbocycles. The van der Waals surface area contributed by atoms with Crippen molar-refractivity contribution in [2.45, 2.75) is 49.7 Å². The predicted octanol–water partition coefficient (Wildman–Crippen LogP) is 2.07. The highest BCUT2D eigenvalue weighted by Gasteiger charge is 2.57. The van der Waals surface area contributed by atoms with E-state index in [1.165, 1.54) is 6.42 Å². The number of rotatable bonds is 2. The molecule has 3 N–H and O–H groups in total. The van der Waals surface area contributed by atoms with Crippen molar-refractivity contribution in [2.75, 3.05) is 0 Å². The first kappa shape index (κ1) is 17.2. The molecule has 4 bridgehead atoms. The standard InChI is InChI=1S/C22H25N5O2/c1-27-11-16-5-13(2-3-17(16)26-27)6-18-19(28)24-20(23-18)25-21-7-14-4-15(8-21)10-22(29,9-14)12-21/h2-3,5-6,11,14-15,29H,4,7-10,12H2,1H3,(H2,23,24,25,28)/b18-6-. The van der Waals surface area contributed by atoms with Gasteiger partial charge in [0.25, 0.3) is 5.91 Å². The third-order valence-corrected chi connectivity index (χ3v) is 7.06. The summed E-state index contributed by atoms with van der Waals surface area (Å²) in [7, 11) is 1.89. The number of aliphatic hydroxyl groups is 1. The van der Waals surface area contributed by atoms with E-state index in [1.54, 1.807) is 4.68 Å². The molecule has 1 aliphatic heterocycles. The minimum Gasteiger partial charge on any atom is -0.390 e. The van der Waals surface area contributed by atoms with Crippen molar-refractivity contribution in [3.63, 3.8) is 0 Å². The maximum absolute atomic E-state index is 12.5. The number of hydrogen-bond donors (Lipinski definition) is 3. The summed E-state index contributed by atoms with van der Waals surface area (Å²) >= 11 is 0. The summed E-state index contributed by atoms with van der Waals surface area (Å²) in [4.78, 5) is 17.1. The van der Waals surface area contributed by atoms with Crippen LogP contribution in [0.4, 0.5) is 0 Å². The van der Waals surface area contributed by atoms with Crippen LogP contribution in [0.25, 0.3) is 17.0 Å². The summed E-state index contributed by atoms with van der Waals surface area (Å²) in [5.41, 5.74) is 1.56. The second-order valence-electron chi connectivity index (χ2n) is 9.66. The lowest BCUT2D eigenvalue weighted by Gasteiger charge is -2.60. The zero-order valence-electron chi connectivity index (χ0n) is 16.5. The van der Waals surface area contributed by atoms with E-state index in [0.29, 0.717) is 23.5 Å². The van der Waals surface area contributed by atoms with E-state index in [9.17, 15) is 9.90 Å². The number of carbonyl (C=O) groups excluding carboxylic acids is 1. The molecule has 1 amide bonds. The van der Waals surface area contributed by atoms with Gasteiger partial charge in [-0.2, -0.15) is 5.10 Å². The second-order valence-corrected chi connectivity index (χ2v) is 9.66. The van der Waals surface area contributed by atoms with Crippen LogP contribution in [0.3, 0.4) is 0 Å². The summed E-state index contributed by atoms with van der Waals surface area (Å²) in [6, 6.07) is 5.91. The maximum atomic E-state index is 12.5. The molecule has 1 aromatic carbocycles. The Morgan fingerprint density at radius 2 is 2.07 bits per heavy atom. The fraction of sp³-hybridized carbons (Fsp3) is 0.500. The number of nitrogens with zero attached hydrogens (tertiary/aromatic N) is 3. The van der Waals surface area contributed by atoms with Gasteiger partial charge < -0.3 is 10.4 Å². The number of nitrogens with one attached hydrogen (secondary N) is 2. The van der Waals surface area contributed by atoms with Crippen molar-refractivity contribution in [3.8, 4) is 0 Å². The van der Waals surface area contributed by atoms with Gasteiger partial charge >= 0.3 is 0 Å². The number of aromatic nitrogens is 2. The largest absolute Gasteiger partial charge is 0.390 e. The molecule has 0 radical (unpaired) electrons. The minimum absolute atomic E-state index is 0.144. The molecular formula is C22H25N5O2. The van der Waals surface area contributed by atoms with E-state index in [1.807, 2.05) is 37.5 Å². The molecule has 4 aliphatic carbocycles. The molecule has 4 fully saturated rings. The summed E-state index contributed by atoms with van der Waals surface area (Å²) in [6.07, 6.45) is 9.70. The van der Waals surface area contributed by atoms with Gasteiger partial charge in [-0.05, 0) is 74.1 Å². The van der Waals surface area contributed by atoms with Gasteiger partial charge in [-0.3, -0.25) is 14.8 Å². The van der Waals surface area contributed by atoms with Crippen molar-refractivity contribution in [3.05, 3.63) is 35.7 Å². The van der Waals surface area contributed by atoms with E-state index in [-0.39, 0.29) is 11.4 Å². The fourth-order valence-corrected chi connectivity index (χ4v) is 6.55. The van der Waals surface area contributed by atoms with Gasteiger partial charge in [0.15, 0.2) is 0 Å². The Morgan fingerprint density at radius 1 is 1.28 bits per heavy atom. The highest BCUT2D eigenvalue weighted by Crippen LogP contribution is 2.57. The molecule has 5 aliphatic rings. The number of carbonyl (C=O) groups is 1. The van der Waals surface area contributed by atoms with Gasteiger partial charge in [-0.1, -0.05) is 6.07 Å². The van der Waals surface area contributed by atoms with Gasteiger partial charge in [0.2, 0.25) is 5.96 Å². The highest BCUT2D eigenvalue weighted by molar-refractivity contribution is 6.14. The van der Waals surface area contributed by atoms with Gasteiger partial charge in [0, 0.05) is 24.2 Å². The average molecular weight is 391 g/mol. The Balaban J connectivity index is 1.27. The summed E-state index contributed by atoms with van der Waals surface area (Å²) in [5.74, 6) is 1.48. The fourth-order valence-electron chi connectivity index (χ4n) is 6.55. The number of aliphatic imine (C=N–C) groups is 1. The number of hydrogen-bond acceptors (Lipinski definition) is 5.